The van der Waals surface area contributed by atoms with Crippen LogP contribution in [0.1, 0.15) is 28.9 Å². The first kappa shape index (κ1) is 8.45. The van der Waals surface area contributed by atoms with Crippen LogP contribution < -0.4 is 0 Å². The Bertz CT molecular complexity index is 301. The molecule has 1 aliphatic rings. The lowest BCUT2D eigenvalue weighted by molar-refractivity contribution is 0.0859. The van der Waals surface area contributed by atoms with E-state index in [-0.39, 0.29) is 0 Å². The number of rotatable bonds is 2. The van der Waals surface area contributed by atoms with Gasteiger partial charge in [-0.2, -0.15) is 0 Å². The van der Waals surface area contributed by atoms with E-state index in [4.69, 9.17) is 0 Å². The van der Waals surface area contributed by atoms with Gasteiger partial charge in [0.2, 0.25) is 0 Å². The summed E-state index contributed by atoms with van der Waals surface area (Å²) in [6.45, 7) is 0. The van der Waals surface area contributed by atoms with Gasteiger partial charge in [-0.3, -0.25) is 4.79 Å². The molecule has 0 spiro atoms. The van der Waals surface area contributed by atoms with E-state index in [9.17, 15) is 4.79 Å². The molecule has 0 atom stereocenters. The third-order valence-corrected chi connectivity index (χ3v) is 3.99. The Morgan fingerprint density at radius 3 is 2.75 bits per heavy atom. The summed E-state index contributed by atoms with van der Waals surface area (Å²) in [4.78, 5) is 12.5. The number of halogens is 1. The number of carbonyl (C=O) groups is 1. The van der Waals surface area contributed by atoms with Crippen LogP contribution in [0.2, 0.25) is 0 Å². The minimum absolute atomic E-state index is 0.329. The zero-order chi connectivity index (χ0) is 8.55. The molecule has 1 nitrogen and oxygen atoms in total. The molecule has 0 unspecified atom stereocenters. The van der Waals surface area contributed by atoms with Crippen LogP contribution in [0.5, 0.6) is 0 Å². The summed E-state index contributed by atoms with van der Waals surface area (Å²) >= 11 is 4.89. The predicted molar refractivity (Wildman–Crippen MR) is 53.7 cm³/mol. The normalized spacial score (nSPS) is 17.4. The van der Waals surface area contributed by atoms with Gasteiger partial charge in [-0.15, -0.1) is 11.3 Å². The largest absolute Gasteiger partial charge is 0.293 e. The van der Waals surface area contributed by atoms with Gasteiger partial charge in [0.15, 0.2) is 5.78 Å². The summed E-state index contributed by atoms with van der Waals surface area (Å²) in [5, 5.41) is 1.96. The van der Waals surface area contributed by atoms with Gasteiger partial charge in [0.1, 0.15) is 0 Å². The monoisotopic (exact) mass is 244 g/mol. The van der Waals surface area contributed by atoms with Crippen LogP contribution in [0.15, 0.2) is 15.9 Å². The number of hydrogen-bond donors (Lipinski definition) is 0. The summed E-state index contributed by atoms with van der Waals surface area (Å²) in [7, 11) is 0. The highest BCUT2D eigenvalue weighted by Crippen LogP contribution is 2.32. The number of carbonyl (C=O) groups excluding carboxylic acids is 1. The molecule has 0 aromatic carbocycles. The zero-order valence-electron chi connectivity index (χ0n) is 6.55. The number of thiophene rings is 1. The highest BCUT2D eigenvalue weighted by molar-refractivity contribution is 9.10. The van der Waals surface area contributed by atoms with Crippen molar-refractivity contribution in [1.29, 1.82) is 0 Å². The van der Waals surface area contributed by atoms with Crippen LogP contribution in [0.3, 0.4) is 0 Å². The zero-order valence-corrected chi connectivity index (χ0v) is 8.95. The van der Waals surface area contributed by atoms with E-state index in [0.717, 1.165) is 22.2 Å². The first-order chi connectivity index (χ1) is 5.77. The first-order valence-electron chi connectivity index (χ1n) is 4.05. The standard InChI is InChI=1S/C9H9BrOS/c10-7-4-8(12-5-7)9(11)6-2-1-3-6/h4-6H,1-3H2. The van der Waals surface area contributed by atoms with Crippen molar-refractivity contribution in [1.82, 2.24) is 0 Å². The second-order valence-electron chi connectivity index (χ2n) is 3.12. The molecule has 12 heavy (non-hydrogen) atoms. The van der Waals surface area contributed by atoms with E-state index in [0.29, 0.717) is 11.7 Å². The Morgan fingerprint density at radius 1 is 1.58 bits per heavy atom. The molecule has 0 amide bonds. The van der Waals surface area contributed by atoms with Crippen molar-refractivity contribution in [2.75, 3.05) is 0 Å². The van der Waals surface area contributed by atoms with Gasteiger partial charge < -0.3 is 0 Å². The average Bonchev–Trinajstić information content (AvgIpc) is 2.31. The smallest absolute Gasteiger partial charge is 0.175 e. The lowest BCUT2D eigenvalue weighted by atomic mass is 9.82. The summed E-state index contributed by atoms with van der Waals surface area (Å²) < 4.78 is 1.02. The Labute approximate surface area is 83.9 Å². The summed E-state index contributed by atoms with van der Waals surface area (Å²) in [6, 6.07) is 1.92. The minimum Gasteiger partial charge on any atom is -0.293 e. The van der Waals surface area contributed by atoms with Crippen LogP contribution in [0, 0.1) is 5.92 Å². The van der Waals surface area contributed by atoms with Gasteiger partial charge in [-0.1, -0.05) is 6.42 Å². The maximum atomic E-state index is 11.6. The van der Waals surface area contributed by atoms with Gasteiger partial charge in [-0.25, -0.2) is 0 Å². The van der Waals surface area contributed by atoms with Crippen molar-refractivity contribution in [3.05, 3.63) is 20.8 Å². The van der Waals surface area contributed by atoms with Crippen LogP contribution in [0.4, 0.5) is 0 Å². The Kier molecular flexibility index (Phi) is 2.33. The maximum Gasteiger partial charge on any atom is 0.175 e. The fraction of sp³-hybridized carbons (Fsp3) is 0.444. The molecule has 1 saturated carbocycles. The second-order valence-corrected chi connectivity index (χ2v) is 4.95. The summed E-state index contributed by atoms with van der Waals surface area (Å²) in [5.74, 6) is 0.674. The molecule has 1 aliphatic carbocycles. The topological polar surface area (TPSA) is 17.1 Å². The third-order valence-electron chi connectivity index (χ3n) is 2.29. The molecule has 0 N–H and O–H groups in total. The van der Waals surface area contributed by atoms with Crippen molar-refractivity contribution < 1.29 is 4.79 Å². The average molecular weight is 245 g/mol. The molecule has 1 aromatic rings. The van der Waals surface area contributed by atoms with Gasteiger partial charge >= 0.3 is 0 Å². The van der Waals surface area contributed by atoms with Crippen molar-refractivity contribution in [3.63, 3.8) is 0 Å². The molecule has 0 bridgehead atoms. The molecule has 0 saturated heterocycles. The molecule has 2 rings (SSSR count). The van der Waals surface area contributed by atoms with Crippen LogP contribution in [0.25, 0.3) is 0 Å². The molecule has 0 radical (unpaired) electrons. The second kappa shape index (κ2) is 3.30. The van der Waals surface area contributed by atoms with Crippen molar-refractivity contribution in [3.8, 4) is 0 Å². The quantitative estimate of drug-likeness (QED) is 0.729. The lowest BCUT2D eigenvalue weighted by Crippen LogP contribution is -2.20. The van der Waals surface area contributed by atoms with Crippen LogP contribution in [-0.2, 0) is 0 Å². The van der Waals surface area contributed by atoms with E-state index < -0.39 is 0 Å². The van der Waals surface area contributed by atoms with Gasteiger partial charge in [-0.05, 0) is 34.8 Å². The fourth-order valence-electron chi connectivity index (χ4n) is 1.31. The minimum atomic E-state index is 0.329. The molecule has 1 fully saturated rings. The molecule has 3 heteroatoms. The Hall–Kier alpha value is -0.150. The fourth-order valence-corrected chi connectivity index (χ4v) is 2.76. The number of hydrogen-bond acceptors (Lipinski definition) is 2. The van der Waals surface area contributed by atoms with Crippen LogP contribution >= 0.6 is 27.3 Å². The van der Waals surface area contributed by atoms with E-state index in [1.54, 1.807) is 0 Å². The highest BCUT2D eigenvalue weighted by atomic mass is 79.9. The predicted octanol–water partition coefficient (Wildman–Crippen LogP) is 3.49. The molecule has 0 aliphatic heterocycles. The molecule has 1 heterocycles. The third kappa shape index (κ3) is 1.48. The van der Waals surface area contributed by atoms with Gasteiger partial charge in [0.05, 0.1) is 4.88 Å². The van der Waals surface area contributed by atoms with Gasteiger partial charge in [0, 0.05) is 15.8 Å². The maximum absolute atomic E-state index is 11.6. The SMILES string of the molecule is O=C(c1cc(Br)cs1)C1CCC1. The van der Waals surface area contributed by atoms with Crippen molar-refractivity contribution in [2.45, 2.75) is 19.3 Å². The Morgan fingerprint density at radius 2 is 2.33 bits per heavy atom. The van der Waals surface area contributed by atoms with E-state index in [2.05, 4.69) is 15.9 Å². The van der Waals surface area contributed by atoms with E-state index >= 15 is 0 Å². The van der Waals surface area contributed by atoms with E-state index in [1.807, 2.05) is 11.4 Å². The number of Topliss-reactive ketones (excluding diaryl/α,β-unsaturated/α-hetero) is 1. The lowest BCUT2D eigenvalue weighted by Gasteiger charge is -2.22. The molecule has 64 valence electrons. The number of ketones is 1. The molecular weight excluding hydrogens is 236 g/mol. The van der Waals surface area contributed by atoms with E-state index in [1.165, 1.54) is 17.8 Å². The van der Waals surface area contributed by atoms with Crippen molar-refractivity contribution in [2.24, 2.45) is 5.92 Å². The van der Waals surface area contributed by atoms with Crippen LogP contribution in [-0.4, -0.2) is 5.78 Å². The summed E-state index contributed by atoms with van der Waals surface area (Å²) in [6.07, 6.45) is 3.41. The molecular formula is C9H9BrOS. The van der Waals surface area contributed by atoms with Gasteiger partial charge in [0.25, 0.3) is 0 Å². The highest BCUT2D eigenvalue weighted by Gasteiger charge is 2.26. The first-order valence-corrected chi connectivity index (χ1v) is 5.73. The molecule has 1 aromatic heterocycles. The summed E-state index contributed by atoms with van der Waals surface area (Å²) in [5.41, 5.74) is 0. The Balaban J connectivity index is 2.13. The van der Waals surface area contributed by atoms with Crippen molar-refractivity contribution >= 4 is 33.0 Å².